The van der Waals surface area contributed by atoms with Gasteiger partial charge in [-0.1, -0.05) is 54.6 Å². The van der Waals surface area contributed by atoms with Gasteiger partial charge in [0.2, 0.25) is 5.78 Å². The van der Waals surface area contributed by atoms with Crippen LogP contribution in [0.4, 0.5) is 0 Å². The number of ether oxygens (including phenoxy) is 1. The van der Waals surface area contributed by atoms with Crippen LogP contribution in [0.3, 0.4) is 0 Å². The lowest BCUT2D eigenvalue weighted by Crippen LogP contribution is -2.20. The highest BCUT2D eigenvalue weighted by atomic mass is 16.5. The van der Waals surface area contributed by atoms with Crippen molar-refractivity contribution in [2.24, 2.45) is 0 Å². The minimum absolute atomic E-state index is 0.383. The van der Waals surface area contributed by atoms with Gasteiger partial charge in [-0.25, -0.2) is 4.79 Å². The van der Waals surface area contributed by atoms with E-state index in [1.807, 2.05) is 30.3 Å². The summed E-state index contributed by atoms with van der Waals surface area (Å²) >= 11 is 0. The minimum atomic E-state index is -1.08. The Balaban J connectivity index is 1.99. The molecule has 0 saturated carbocycles. The quantitative estimate of drug-likeness (QED) is 0.339. The predicted molar refractivity (Wildman–Crippen MR) is 87.5 cm³/mol. The van der Waals surface area contributed by atoms with E-state index in [2.05, 4.69) is 4.74 Å². The second-order valence-electron chi connectivity index (χ2n) is 5.17. The van der Waals surface area contributed by atoms with Gasteiger partial charge < -0.3 is 4.74 Å². The van der Waals surface area contributed by atoms with Gasteiger partial charge in [-0.2, -0.15) is 0 Å². The lowest BCUT2D eigenvalue weighted by Gasteiger charge is -2.04. The number of carbonyl (C=O) groups excluding carboxylic acids is 4. The van der Waals surface area contributed by atoms with Crippen molar-refractivity contribution in [1.29, 1.82) is 0 Å². The summed E-state index contributed by atoms with van der Waals surface area (Å²) in [6.45, 7) is 0. The number of hydrogen-bond donors (Lipinski definition) is 0. The zero-order valence-electron chi connectivity index (χ0n) is 13.2. The molecule has 0 bridgehead atoms. The molecule has 0 aliphatic carbocycles. The summed E-state index contributed by atoms with van der Waals surface area (Å²) in [5.41, 5.74) is 2.36. The molecule has 0 N–H and O–H groups in total. The maximum atomic E-state index is 12.1. The van der Waals surface area contributed by atoms with Crippen molar-refractivity contribution in [1.82, 2.24) is 0 Å². The first kappa shape index (κ1) is 17.3. The summed E-state index contributed by atoms with van der Waals surface area (Å²) < 4.78 is 4.23. The first-order valence-electron chi connectivity index (χ1n) is 7.33. The second kappa shape index (κ2) is 7.97. The van der Waals surface area contributed by atoms with Gasteiger partial charge in [0.1, 0.15) is 5.78 Å². The van der Waals surface area contributed by atoms with E-state index in [1.165, 1.54) is 0 Å². The standard InChI is InChI=1S/C19H16O5/c1-24-19(23)18(22)12-16(20)11-17(21)15-9-7-14(8-10-15)13-5-3-2-4-6-13/h2-10H,11-12H2,1H3. The monoisotopic (exact) mass is 324 g/mol. The Bertz CT molecular complexity index is 760. The molecule has 24 heavy (non-hydrogen) atoms. The topological polar surface area (TPSA) is 77.5 Å². The van der Waals surface area contributed by atoms with Gasteiger partial charge >= 0.3 is 5.97 Å². The van der Waals surface area contributed by atoms with Gasteiger partial charge in [0.05, 0.1) is 20.0 Å². The molecule has 0 aliphatic heterocycles. The number of esters is 1. The number of carbonyl (C=O) groups is 4. The van der Waals surface area contributed by atoms with Gasteiger partial charge in [0, 0.05) is 5.56 Å². The molecule has 5 nitrogen and oxygen atoms in total. The number of Topliss-reactive ketones (excluding diaryl/α,β-unsaturated/α-hetero) is 3. The van der Waals surface area contributed by atoms with Crippen LogP contribution in [0, 0.1) is 0 Å². The number of methoxy groups -OCH3 is 1. The molecule has 0 radical (unpaired) electrons. The summed E-state index contributed by atoms with van der Waals surface area (Å²) in [4.78, 5) is 46.0. The van der Waals surface area contributed by atoms with Crippen LogP contribution in [0.25, 0.3) is 11.1 Å². The van der Waals surface area contributed by atoms with Crippen molar-refractivity contribution >= 4 is 23.3 Å². The molecule has 0 atom stereocenters. The van der Waals surface area contributed by atoms with E-state index in [4.69, 9.17) is 0 Å². The smallest absolute Gasteiger partial charge is 0.374 e. The number of rotatable bonds is 7. The molecular formula is C19H16O5. The summed E-state index contributed by atoms with van der Waals surface area (Å²) in [6, 6.07) is 16.6. The van der Waals surface area contributed by atoms with Crippen molar-refractivity contribution < 1.29 is 23.9 Å². The number of hydrogen-bond acceptors (Lipinski definition) is 5. The Kier molecular flexibility index (Phi) is 5.73. The van der Waals surface area contributed by atoms with Gasteiger partial charge in [0.25, 0.3) is 0 Å². The first-order valence-corrected chi connectivity index (χ1v) is 7.33. The Hall–Kier alpha value is -3.08. The lowest BCUT2D eigenvalue weighted by molar-refractivity contribution is -0.152. The highest BCUT2D eigenvalue weighted by molar-refractivity contribution is 6.37. The zero-order chi connectivity index (χ0) is 17.5. The van der Waals surface area contributed by atoms with Crippen LogP contribution in [0.1, 0.15) is 23.2 Å². The molecule has 0 heterocycles. The summed E-state index contributed by atoms with van der Waals surface area (Å²) in [5, 5.41) is 0. The van der Waals surface area contributed by atoms with Crippen molar-refractivity contribution in [2.45, 2.75) is 12.8 Å². The molecule has 5 heteroatoms. The van der Waals surface area contributed by atoms with Gasteiger partial charge in [-0.15, -0.1) is 0 Å². The molecule has 2 aromatic rings. The van der Waals surface area contributed by atoms with E-state index in [0.717, 1.165) is 18.2 Å². The molecule has 0 saturated heterocycles. The largest absolute Gasteiger partial charge is 0.463 e. The van der Waals surface area contributed by atoms with Crippen LogP contribution < -0.4 is 0 Å². The molecule has 0 amide bonds. The molecule has 2 aromatic carbocycles. The van der Waals surface area contributed by atoms with Crippen molar-refractivity contribution in [3.63, 3.8) is 0 Å². The average molecular weight is 324 g/mol. The van der Waals surface area contributed by atoms with Crippen LogP contribution in [0.5, 0.6) is 0 Å². The lowest BCUT2D eigenvalue weighted by atomic mass is 9.99. The summed E-state index contributed by atoms with van der Waals surface area (Å²) in [5.74, 6) is -3.03. The Morgan fingerprint density at radius 3 is 1.96 bits per heavy atom. The van der Waals surface area contributed by atoms with Gasteiger partial charge in [-0.05, 0) is 11.1 Å². The number of ketones is 3. The molecule has 0 aliphatic rings. The maximum Gasteiger partial charge on any atom is 0.374 e. The zero-order valence-corrected chi connectivity index (χ0v) is 13.2. The van der Waals surface area contributed by atoms with Crippen molar-refractivity contribution in [3.05, 3.63) is 60.2 Å². The van der Waals surface area contributed by atoms with Gasteiger partial charge in [-0.3, -0.25) is 14.4 Å². The van der Waals surface area contributed by atoms with Crippen LogP contribution in [-0.2, 0) is 19.1 Å². The van der Waals surface area contributed by atoms with Crippen molar-refractivity contribution in [2.75, 3.05) is 7.11 Å². The van der Waals surface area contributed by atoms with E-state index < -0.39 is 36.2 Å². The normalized spacial score (nSPS) is 10.0. The van der Waals surface area contributed by atoms with Crippen LogP contribution in [0.2, 0.25) is 0 Å². The fourth-order valence-electron chi connectivity index (χ4n) is 2.19. The third-order valence-corrected chi connectivity index (χ3v) is 3.44. The van der Waals surface area contributed by atoms with E-state index in [1.54, 1.807) is 24.3 Å². The molecule has 0 spiro atoms. The van der Waals surface area contributed by atoms with E-state index in [-0.39, 0.29) is 0 Å². The average Bonchev–Trinajstić information content (AvgIpc) is 2.61. The highest BCUT2D eigenvalue weighted by Crippen LogP contribution is 2.19. The Labute approximate surface area is 139 Å². The minimum Gasteiger partial charge on any atom is -0.463 e. The van der Waals surface area contributed by atoms with E-state index in [9.17, 15) is 19.2 Å². The van der Waals surface area contributed by atoms with Crippen LogP contribution in [0.15, 0.2) is 54.6 Å². The Morgan fingerprint density at radius 1 is 0.792 bits per heavy atom. The molecule has 0 aromatic heterocycles. The third kappa shape index (κ3) is 4.46. The van der Waals surface area contributed by atoms with Crippen LogP contribution in [-0.4, -0.2) is 30.4 Å². The number of benzene rings is 2. The third-order valence-electron chi connectivity index (χ3n) is 3.44. The maximum absolute atomic E-state index is 12.1. The fraction of sp³-hybridized carbons (Fsp3) is 0.158. The van der Waals surface area contributed by atoms with Gasteiger partial charge in [0.15, 0.2) is 5.78 Å². The van der Waals surface area contributed by atoms with E-state index >= 15 is 0 Å². The predicted octanol–water partition coefficient (Wildman–Crippen LogP) is 2.63. The molecule has 0 unspecified atom stereocenters. The molecule has 122 valence electrons. The summed E-state index contributed by atoms with van der Waals surface area (Å²) in [6.07, 6.45) is -1.05. The highest BCUT2D eigenvalue weighted by Gasteiger charge is 2.20. The van der Waals surface area contributed by atoms with Crippen molar-refractivity contribution in [3.8, 4) is 11.1 Å². The first-order chi connectivity index (χ1) is 11.5. The van der Waals surface area contributed by atoms with Crippen LogP contribution >= 0.6 is 0 Å². The van der Waals surface area contributed by atoms with E-state index in [0.29, 0.717) is 5.56 Å². The fourth-order valence-corrected chi connectivity index (χ4v) is 2.19. The second-order valence-corrected chi connectivity index (χ2v) is 5.17. The Morgan fingerprint density at radius 2 is 1.38 bits per heavy atom. The molecular weight excluding hydrogens is 308 g/mol. The summed E-state index contributed by atoms with van der Waals surface area (Å²) in [7, 11) is 1.06. The molecule has 2 rings (SSSR count). The molecule has 0 fully saturated rings. The SMILES string of the molecule is COC(=O)C(=O)CC(=O)CC(=O)c1ccc(-c2ccccc2)cc1.